The van der Waals surface area contributed by atoms with E-state index >= 15 is 4.39 Å². The number of hydrogen-bond acceptors (Lipinski definition) is 6. The molecule has 32 heavy (non-hydrogen) atoms. The van der Waals surface area contributed by atoms with Crippen LogP contribution in [-0.2, 0) is 9.47 Å². The monoisotopic (exact) mass is 462 g/mol. The van der Waals surface area contributed by atoms with Gasteiger partial charge in [0.2, 0.25) is 0 Å². The first-order chi connectivity index (χ1) is 15.0. The third-order valence-corrected chi connectivity index (χ3v) is 6.60. The van der Waals surface area contributed by atoms with Gasteiger partial charge in [-0.3, -0.25) is 24.0 Å². The van der Waals surface area contributed by atoms with Crippen LogP contribution in [0.15, 0.2) is 15.4 Å². The van der Waals surface area contributed by atoms with Gasteiger partial charge in [0.05, 0.1) is 19.8 Å². The summed E-state index contributed by atoms with van der Waals surface area (Å²) in [6.45, 7) is 1.72. The first-order valence-electron chi connectivity index (χ1n) is 10.6. The van der Waals surface area contributed by atoms with Gasteiger partial charge < -0.3 is 10.5 Å². The number of ether oxygens (including phenoxy) is 2. The van der Waals surface area contributed by atoms with Crippen LogP contribution in [0.2, 0.25) is 0 Å². The first kappa shape index (κ1) is 23.0. The number of H-pyrrole nitrogens is 1. The highest BCUT2D eigenvalue weighted by Gasteiger charge is 2.46. The fourth-order valence-corrected chi connectivity index (χ4v) is 4.97. The Balaban J connectivity index is 1.65. The molecule has 8 nitrogen and oxygen atoms in total. The maximum atomic E-state index is 15.6. The number of alkyl halides is 3. The Labute approximate surface area is 181 Å². The van der Waals surface area contributed by atoms with Crippen molar-refractivity contribution in [3.05, 3.63) is 37.9 Å². The Kier molecular flexibility index (Phi) is 5.97. The highest BCUT2D eigenvalue weighted by Crippen LogP contribution is 2.45. The van der Waals surface area contributed by atoms with Crippen LogP contribution in [-0.4, -0.2) is 59.7 Å². The van der Waals surface area contributed by atoms with Gasteiger partial charge in [-0.25, -0.2) is 9.18 Å². The van der Waals surface area contributed by atoms with Crippen molar-refractivity contribution in [2.45, 2.75) is 56.6 Å². The standard InChI is InChI=1S/C20H26F4N4O4/c1-9-15-13(18(29)26-19(30)28(15)11-3-4-11)17(31-2)14(21)16(9)27-6-5-10(7-27)12(25)8-32-20(22,23)24/h9-12,16H,3-8,25H2,1-2H3,(H,26,29,30). The Bertz CT molecular complexity index is 1030. The number of likely N-dealkylation sites (tertiary alicyclic amines) is 1. The summed E-state index contributed by atoms with van der Waals surface area (Å²) in [4.78, 5) is 29.2. The highest BCUT2D eigenvalue weighted by atomic mass is 19.4. The van der Waals surface area contributed by atoms with Crippen molar-refractivity contribution in [1.29, 1.82) is 0 Å². The smallest absolute Gasteiger partial charge is 0.493 e. The lowest BCUT2D eigenvalue weighted by Gasteiger charge is -2.37. The van der Waals surface area contributed by atoms with Crippen molar-refractivity contribution >= 4 is 5.76 Å². The van der Waals surface area contributed by atoms with Crippen molar-refractivity contribution in [2.75, 3.05) is 26.8 Å². The van der Waals surface area contributed by atoms with Crippen LogP contribution in [0.5, 0.6) is 0 Å². The fourth-order valence-electron chi connectivity index (χ4n) is 4.97. The summed E-state index contributed by atoms with van der Waals surface area (Å²) in [6.07, 6.45) is -2.73. The van der Waals surface area contributed by atoms with Gasteiger partial charge in [-0.15, -0.1) is 13.2 Å². The zero-order chi connectivity index (χ0) is 23.4. The molecule has 2 aliphatic carbocycles. The summed E-state index contributed by atoms with van der Waals surface area (Å²) in [5, 5.41) is 0. The number of fused-ring (bicyclic) bond motifs is 1. The van der Waals surface area contributed by atoms with E-state index in [-0.39, 0.29) is 29.8 Å². The topological polar surface area (TPSA) is 103 Å². The molecule has 12 heteroatoms. The normalized spacial score (nSPS) is 27.5. The molecule has 1 aromatic rings. The molecule has 3 N–H and O–H groups in total. The Morgan fingerprint density at radius 1 is 1.25 bits per heavy atom. The van der Waals surface area contributed by atoms with E-state index in [0.717, 1.165) is 12.8 Å². The number of nitrogens with zero attached hydrogens (tertiary/aromatic N) is 2. The number of rotatable bonds is 6. The SMILES string of the molecule is COC1=C(F)C(N2CCC(C(N)COC(F)(F)F)C2)C(C)c2c1c(=O)[nH]c(=O)n2C1CC1. The summed E-state index contributed by atoms with van der Waals surface area (Å²) in [5.74, 6) is -1.73. The molecule has 0 bridgehead atoms. The summed E-state index contributed by atoms with van der Waals surface area (Å²) in [5.41, 5.74) is 5.12. The van der Waals surface area contributed by atoms with Crippen LogP contribution in [0.4, 0.5) is 17.6 Å². The number of aromatic amines is 1. The van der Waals surface area contributed by atoms with E-state index in [1.54, 1.807) is 11.8 Å². The van der Waals surface area contributed by atoms with Gasteiger partial charge in [0.15, 0.2) is 11.6 Å². The lowest BCUT2D eigenvalue weighted by molar-refractivity contribution is -0.326. The molecular weight excluding hydrogens is 436 g/mol. The van der Waals surface area contributed by atoms with Gasteiger partial charge in [0, 0.05) is 30.2 Å². The molecule has 0 amide bonds. The molecule has 2 fully saturated rings. The lowest BCUT2D eigenvalue weighted by Crippen LogP contribution is -2.46. The molecule has 1 saturated heterocycles. The third kappa shape index (κ3) is 4.11. The maximum absolute atomic E-state index is 15.6. The molecule has 1 aliphatic heterocycles. The molecular formula is C20H26F4N4O4. The van der Waals surface area contributed by atoms with Gasteiger partial charge in [0.1, 0.15) is 5.56 Å². The van der Waals surface area contributed by atoms with Crippen LogP contribution < -0.4 is 17.0 Å². The van der Waals surface area contributed by atoms with Crippen LogP contribution in [0, 0.1) is 5.92 Å². The molecule has 1 aromatic heterocycles. The molecule has 4 rings (SSSR count). The molecule has 0 radical (unpaired) electrons. The van der Waals surface area contributed by atoms with E-state index in [0.29, 0.717) is 18.7 Å². The molecule has 3 aliphatic rings. The average molecular weight is 462 g/mol. The Hall–Kier alpha value is -2.18. The van der Waals surface area contributed by atoms with E-state index in [2.05, 4.69) is 9.72 Å². The lowest BCUT2D eigenvalue weighted by atomic mass is 9.85. The number of methoxy groups -OCH3 is 1. The van der Waals surface area contributed by atoms with Crippen LogP contribution in [0.3, 0.4) is 0 Å². The van der Waals surface area contributed by atoms with E-state index in [4.69, 9.17) is 10.5 Å². The first-order valence-corrected chi connectivity index (χ1v) is 10.6. The predicted molar refractivity (Wildman–Crippen MR) is 106 cm³/mol. The van der Waals surface area contributed by atoms with E-state index < -0.39 is 48.0 Å². The number of hydrogen-bond donors (Lipinski definition) is 2. The second kappa shape index (κ2) is 8.31. The Morgan fingerprint density at radius 3 is 2.53 bits per heavy atom. The summed E-state index contributed by atoms with van der Waals surface area (Å²) in [7, 11) is 1.26. The molecule has 178 valence electrons. The molecule has 4 atom stereocenters. The van der Waals surface area contributed by atoms with Gasteiger partial charge in [-0.2, -0.15) is 0 Å². The largest absolute Gasteiger partial charge is 0.522 e. The zero-order valence-electron chi connectivity index (χ0n) is 17.7. The van der Waals surface area contributed by atoms with Gasteiger partial charge >= 0.3 is 12.1 Å². The second-order valence-corrected chi connectivity index (χ2v) is 8.70. The minimum Gasteiger partial charge on any atom is -0.493 e. The van der Waals surface area contributed by atoms with Crippen molar-refractivity contribution < 1.29 is 27.0 Å². The highest BCUT2D eigenvalue weighted by molar-refractivity contribution is 5.67. The van der Waals surface area contributed by atoms with E-state index in [1.165, 1.54) is 11.7 Å². The van der Waals surface area contributed by atoms with Gasteiger partial charge in [-0.05, 0) is 31.7 Å². The van der Waals surface area contributed by atoms with Crippen LogP contribution in [0.25, 0.3) is 5.76 Å². The molecule has 0 spiro atoms. The quantitative estimate of drug-likeness (QED) is 0.626. The molecule has 0 aromatic carbocycles. The van der Waals surface area contributed by atoms with Gasteiger partial charge in [0.25, 0.3) is 5.56 Å². The van der Waals surface area contributed by atoms with Crippen molar-refractivity contribution in [3.8, 4) is 0 Å². The van der Waals surface area contributed by atoms with Crippen LogP contribution >= 0.6 is 0 Å². The van der Waals surface area contributed by atoms with Gasteiger partial charge in [-0.1, -0.05) is 6.92 Å². The van der Waals surface area contributed by atoms with Crippen molar-refractivity contribution in [3.63, 3.8) is 0 Å². The van der Waals surface area contributed by atoms with E-state index in [9.17, 15) is 22.8 Å². The second-order valence-electron chi connectivity index (χ2n) is 8.70. The summed E-state index contributed by atoms with van der Waals surface area (Å²) < 4.78 is 63.3. The van der Waals surface area contributed by atoms with Crippen molar-refractivity contribution in [1.82, 2.24) is 14.5 Å². The third-order valence-electron chi connectivity index (χ3n) is 6.60. The van der Waals surface area contributed by atoms with Crippen molar-refractivity contribution in [2.24, 2.45) is 11.7 Å². The zero-order valence-corrected chi connectivity index (χ0v) is 17.7. The Morgan fingerprint density at radius 2 is 1.94 bits per heavy atom. The average Bonchev–Trinajstić information content (AvgIpc) is 3.43. The summed E-state index contributed by atoms with van der Waals surface area (Å²) in [6, 6.07) is -1.76. The fraction of sp³-hybridized carbons (Fsp3) is 0.700. The maximum Gasteiger partial charge on any atom is 0.522 e. The molecule has 1 saturated carbocycles. The molecule has 4 unspecified atom stereocenters. The minimum absolute atomic E-state index is 0.0197. The minimum atomic E-state index is -4.76. The van der Waals surface area contributed by atoms with E-state index in [1.807, 2.05) is 0 Å². The number of nitrogens with one attached hydrogen (secondary N) is 1. The summed E-state index contributed by atoms with van der Waals surface area (Å²) >= 11 is 0. The predicted octanol–water partition coefficient (Wildman–Crippen LogP) is 1.83. The number of aromatic nitrogens is 2. The molecule has 2 heterocycles. The number of halogens is 4. The van der Waals surface area contributed by atoms with Crippen LogP contribution in [0.1, 0.15) is 49.4 Å². The number of nitrogens with two attached hydrogens (primary N) is 1.